The third kappa shape index (κ3) is 3.49. The molecule has 1 amide bonds. The van der Waals surface area contributed by atoms with Crippen molar-refractivity contribution >= 4 is 5.91 Å². The molecule has 1 heterocycles. The summed E-state index contributed by atoms with van der Waals surface area (Å²) in [7, 11) is 0. The predicted molar refractivity (Wildman–Crippen MR) is 60.6 cm³/mol. The van der Waals surface area contributed by atoms with Gasteiger partial charge >= 0.3 is 0 Å². The highest BCUT2D eigenvalue weighted by Crippen LogP contribution is 2.18. The summed E-state index contributed by atoms with van der Waals surface area (Å²) in [4.78, 5) is 13.9. The lowest BCUT2D eigenvalue weighted by molar-refractivity contribution is -0.138. The van der Waals surface area contributed by atoms with Gasteiger partial charge in [0.15, 0.2) is 0 Å². The van der Waals surface area contributed by atoms with Crippen LogP contribution in [0.3, 0.4) is 0 Å². The van der Waals surface area contributed by atoms with Gasteiger partial charge in [-0.15, -0.1) is 0 Å². The van der Waals surface area contributed by atoms with Gasteiger partial charge in [-0.05, 0) is 26.7 Å². The Balaban J connectivity index is 2.51. The number of hydrogen-bond donors (Lipinski definition) is 0. The molecule has 0 spiro atoms. The first-order valence-electron chi connectivity index (χ1n) is 5.95. The molecule has 0 saturated carbocycles. The maximum absolute atomic E-state index is 12.1. The Morgan fingerprint density at radius 1 is 1.56 bits per heavy atom. The molecule has 90 valence electrons. The maximum atomic E-state index is 12.1. The van der Waals surface area contributed by atoms with Gasteiger partial charge in [-0.3, -0.25) is 4.79 Å². The highest BCUT2D eigenvalue weighted by molar-refractivity contribution is 5.78. The van der Waals surface area contributed by atoms with E-state index in [2.05, 4.69) is 6.07 Å². The number of ether oxygens (including phenoxy) is 1. The van der Waals surface area contributed by atoms with E-state index in [0.717, 1.165) is 12.8 Å². The van der Waals surface area contributed by atoms with Crippen molar-refractivity contribution in [3.05, 3.63) is 0 Å². The highest BCUT2D eigenvalue weighted by atomic mass is 16.5. The third-order valence-corrected chi connectivity index (χ3v) is 2.98. The molecule has 16 heavy (non-hydrogen) atoms. The Labute approximate surface area is 97.2 Å². The van der Waals surface area contributed by atoms with E-state index in [4.69, 9.17) is 10.00 Å². The lowest BCUT2D eigenvalue weighted by Crippen LogP contribution is -2.40. The topological polar surface area (TPSA) is 53.3 Å². The second-order valence-electron chi connectivity index (χ2n) is 4.29. The number of amides is 1. The number of hydrogen-bond acceptors (Lipinski definition) is 3. The second kappa shape index (κ2) is 6.49. The quantitative estimate of drug-likeness (QED) is 0.725. The van der Waals surface area contributed by atoms with Crippen LogP contribution in [0.5, 0.6) is 0 Å². The summed E-state index contributed by atoms with van der Waals surface area (Å²) in [5.41, 5.74) is 0. The first-order valence-corrected chi connectivity index (χ1v) is 5.95. The zero-order valence-corrected chi connectivity index (χ0v) is 10.1. The second-order valence-corrected chi connectivity index (χ2v) is 4.29. The lowest BCUT2D eigenvalue weighted by atomic mass is 9.98. The van der Waals surface area contributed by atoms with Gasteiger partial charge < -0.3 is 9.64 Å². The van der Waals surface area contributed by atoms with E-state index in [1.165, 1.54) is 0 Å². The Bertz CT molecular complexity index is 267. The fourth-order valence-corrected chi connectivity index (χ4v) is 1.95. The van der Waals surface area contributed by atoms with Crippen molar-refractivity contribution in [1.82, 2.24) is 4.90 Å². The molecule has 0 aromatic carbocycles. The average Bonchev–Trinajstić information content (AvgIpc) is 2.35. The number of carbonyl (C=O) groups is 1. The van der Waals surface area contributed by atoms with Crippen molar-refractivity contribution in [3.63, 3.8) is 0 Å². The largest absolute Gasteiger partial charge is 0.381 e. The van der Waals surface area contributed by atoms with E-state index >= 15 is 0 Å². The molecule has 4 nitrogen and oxygen atoms in total. The molecule has 1 atom stereocenters. The minimum Gasteiger partial charge on any atom is -0.381 e. The molecule has 0 unspecified atom stereocenters. The average molecular weight is 224 g/mol. The molecule has 0 aromatic heterocycles. The van der Waals surface area contributed by atoms with Crippen LogP contribution in [-0.2, 0) is 9.53 Å². The molecule has 4 heteroatoms. The van der Waals surface area contributed by atoms with Crippen LogP contribution in [0.1, 0.15) is 26.7 Å². The van der Waals surface area contributed by atoms with Crippen LogP contribution in [0.2, 0.25) is 0 Å². The first-order chi connectivity index (χ1) is 7.69. The number of rotatable bonds is 4. The van der Waals surface area contributed by atoms with Crippen LogP contribution < -0.4 is 0 Å². The zero-order chi connectivity index (χ0) is 12.0. The predicted octanol–water partition coefficient (Wildman–Crippen LogP) is 1.42. The molecular formula is C12H20N2O2. The van der Waals surface area contributed by atoms with Crippen molar-refractivity contribution in [2.45, 2.75) is 26.7 Å². The molecule has 1 rings (SSSR count). The summed E-state index contributed by atoms with van der Waals surface area (Å²) in [6, 6.07) is 2.17. The molecular weight excluding hydrogens is 204 g/mol. The fraction of sp³-hybridized carbons (Fsp3) is 0.833. The Kier molecular flexibility index (Phi) is 5.27. The van der Waals surface area contributed by atoms with E-state index in [0.29, 0.717) is 26.3 Å². The van der Waals surface area contributed by atoms with Gasteiger partial charge in [-0.25, -0.2) is 0 Å². The molecule has 0 N–H and O–H groups in total. The van der Waals surface area contributed by atoms with Gasteiger partial charge in [0.05, 0.1) is 12.0 Å². The zero-order valence-electron chi connectivity index (χ0n) is 10.1. The monoisotopic (exact) mass is 224 g/mol. The van der Waals surface area contributed by atoms with Crippen LogP contribution in [-0.4, -0.2) is 37.1 Å². The van der Waals surface area contributed by atoms with Gasteiger partial charge in [-0.1, -0.05) is 0 Å². The van der Waals surface area contributed by atoms with Gasteiger partial charge in [0.2, 0.25) is 5.91 Å². The smallest absolute Gasteiger partial charge is 0.225 e. The Morgan fingerprint density at radius 2 is 2.19 bits per heavy atom. The summed E-state index contributed by atoms with van der Waals surface area (Å²) >= 11 is 0. The van der Waals surface area contributed by atoms with E-state index in [9.17, 15) is 4.79 Å². The van der Waals surface area contributed by atoms with Gasteiger partial charge in [-0.2, -0.15) is 5.26 Å². The summed E-state index contributed by atoms with van der Waals surface area (Å²) in [5.74, 6) is 0.191. The molecule has 0 aromatic rings. The molecule has 0 bridgehead atoms. The number of nitriles is 1. The summed E-state index contributed by atoms with van der Waals surface area (Å²) < 4.78 is 5.24. The standard InChI is InChI=1S/C12H20N2O2/c1-3-14(9-10(2)8-13)12(15)11-4-6-16-7-5-11/h10-11H,3-7,9H2,1-2H3/t10-/m1/s1. The lowest BCUT2D eigenvalue weighted by Gasteiger charge is -2.29. The highest BCUT2D eigenvalue weighted by Gasteiger charge is 2.26. The van der Waals surface area contributed by atoms with Crippen LogP contribution in [0.25, 0.3) is 0 Å². The Morgan fingerprint density at radius 3 is 2.69 bits per heavy atom. The summed E-state index contributed by atoms with van der Waals surface area (Å²) in [5, 5.41) is 8.76. The van der Waals surface area contributed by atoms with E-state index < -0.39 is 0 Å². The van der Waals surface area contributed by atoms with Gasteiger partial charge in [0.1, 0.15) is 0 Å². The van der Waals surface area contributed by atoms with Crippen molar-refractivity contribution in [1.29, 1.82) is 5.26 Å². The van der Waals surface area contributed by atoms with Crippen LogP contribution in [0.4, 0.5) is 0 Å². The SMILES string of the molecule is CCN(C[C@H](C)C#N)C(=O)C1CCOCC1. The number of nitrogens with zero attached hydrogens (tertiary/aromatic N) is 2. The van der Waals surface area contributed by atoms with Crippen molar-refractivity contribution in [3.8, 4) is 6.07 Å². The molecule has 1 aliphatic rings. The normalized spacial score (nSPS) is 18.8. The molecule has 0 aliphatic carbocycles. The molecule has 1 fully saturated rings. The van der Waals surface area contributed by atoms with Crippen LogP contribution in [0, 0.1) is 23.2 Å². The van der Waals surface area contributed by atoms with Crippen molar-refractivity contribution in [2.75, 3.05) is 26.3 Å². The minimum absolute atomic E-state index is 0.0938. The van der Waals surface area contributed by atoms with E-state index in [-0.39, 0.29) is 17.7 Å². The summed E-state index contributed by atoms with van der Waals surface area (Å²) in [6.07, 6.45) is 1.63. The maximum Gasteiger partial charge on any atom is 0.225 e. The molecule has 0 radical (unpaired) electrons. The van der Waals surface area contributed by atoms with E-state index in [1.54, 1.807) is 4.90 Å². The van der Waals surface area contributed by atoms with Crippen LogP contribution in [0.15, 0.2) is 0 Å². The number of carbonyl (C=O) groups excluding carboxylic acids is 1. The fourth-order valence-electron chi connectivity index (χ4n) is 1.95. The molecule has 1 saturated heterocycles. The third-order valence-electron chi connectivity index (χ3n) is 2.98. The minimum atomic E-state index is -0.0938. The van der Waals surface area contributed by atoms with Crippen molar-refractivity contribution in [2.24, 2.45) is 11.8 Å². The van der Waals surface area contributed by atoms with Crippen LogP contribution >= 0.6 is 0 Å². The molecule has 1 aliphatic heterocycles. The van der Waals surface area contributed by atoms with Gasteiger partial charge in [0.25, 0.3) is 0 Å². The first kappa shape index (κ1) is 13.0. The Hall–Kier alpha value is -1.08. The van der Waals surface area contributed by atoms with Crippen molar-refractivity contribution < 1.29 is 9.53 Å². The van der Waals surface area contributed by atoms with Gasteiger partial charge in [0, 0.05) is 32.2 Å². The van der Waals surface area contributed by atoms with E-state index in [1.807, 2.05) is 13.8 Å². The summed E-state index contributed by atoms with van der Waals surface area (Å²) in [6.45, 7) is 6.40.